The molecule has 13 heteroatoms. The molecular weight excluding hydrogens is 497 g/mol. The van der Waals surface area contributed by atoms with Crippen LogP contribution in [0.1, 0.15) is 31.9 Å². The van der Waals surface area contributed by atoms with Crippen molar-refractivity contribution in [1.82, 2.24) is 25.3 Å². The third-order valence-corrected chi connectivity index (χ3v) is 4.12. The summed E-state index contributed by atoms with van der Waals surface area (Å²) in [4.78, 5) is 15.6. The number of alkyl halides is 3. The smallest absolute Gasteiger partial charge is 0.350 e. The van der Waals surface area contributed by atoms with Gasteiger partial charge in [0.1, 0.15) is 11.0 Å². The maximum Gasteiger partial charge on any atom is 0.419 e. The number of pyridine rings is 1. The van der Waals surface area contributed by atoms with E-state index in [4.69, 9.17) is 23.2 Å². The van der Waals surface area contributed by atoms with Crippen molar-refractivity contribution in [1.29, 1.82) is 0 Å². The van der Waals surface area contributed by atoms with Gasteiger partial charge in [-0.3, -0.25) is 0 Å². The van der Waals surface area contributed by atoms with Crippen LogP contribution in [-0.2, 0) is 12.7 Å². The van der Waals surface area contributed by atoms with Crippen LogP contribution >= 0.6 is 23.2 Å². The number of nitrogens with one attached hydrogen (secondary N) is 3. The number of aromatic nitrogens is 4. The van der Waals surface area contributed by atoms with E-state index in [1.54, 1.807) is 18.3 Å². The molecule has 0 unspecified atom stereocenters. The van der Waals surface area contributed by atoms with E-state index in [0.29, 0.717) is 23.8 Å². The second-order valence-corrected chi connectivity index (χ2v) is 6.84. The van der Waals surface area contributed by atoms with Gasteiger partial charge in [0, 0.05) is 18.4 Å². The SMILES string of the molecule is CC.CCNC.Fc1ccc(Nc2nc(Cl)nc(NCc3ccc(Cl)nc3)n2)cc1C(F)(F)F. The van der Waals surface area contributed by atoms with Crippen LogP contribution in [0, 0.1) is 5.82 Å². The van der Waals surface area contributed by atoms with Gasteiger partial charge in [-0.1, -0.05) is 38.4 Å². The van der Waals surface area contributed by atoms with E-state index in [-0.39, 0.29) is 22.9 Å². The molecular formula is C21H25Cl2F4N7. The zero-order valence-corrected chi connectivity index (χ0v) is 20.4. The number of hydrogen-bond acceptors (Lipinski definition) is 7. The van der Waals surface area contributed by atoms with Gasteiger partial charge in [0.05, 0.1) is 5.56 Å². The van der Waals surface area contributed by atoms with Crippen LogP contribution in [0.2, 0.25) is 10.4 Å². The van der Waals surface area contributed by atoms with Crippen molar-refractivity contribution >= 4 is 40.8 Å². The van der Waals surface area contributed by atoms with Gasteiger partial charge in [-0.15, -0.1) is 0 Å². The van der Waals surface area contributed by atoms with Crippen molar-refractivity contribution in [3.63, 3.8) is 0 Å². The van der Waals surface area contributed by atoms with E-state index in [0.717, 1.165) is 18.2 Å². The third-order valence-electron chi connectivity index (χ3n) is 3.73. The van der Waals surface area contributed by atoms with Gasteiger partial charge in [0.15, 0.2) is 0 Å². The second-order valence-electron chi connectivity index (χ2n) is 6.12. The summed E-state index contributed by atoms with van der Waals surface area (Å²) in [6.07, 6.45) is -3.29. The topological polar surface area (TPSA) is 87.7 Å². The van der Waals surface area contributed by atoms with Crippen molar-refractivity contribution in [3.05, 3.63) is 63.9 Å². The van der Waals surface area contributed by atoms with Crippen molar-refractivity contribution in [2.24, 2.45) is 0 Å². The van der Waals surface area contributed by atoms with E-state index < -0.39 is 17.6 Å². The lowest BCUT2D eigenvalue weighted by atomic mass is 10.2. The highest BCUT2D eigenvalue weighted by Gasteiger charge is 2.34. The first-order chi connectivity index (χ1) is 16.1. The number of nitrogens with zero attached hydrogens (tertiary/aromatic N) is 4. The summed E-state index contributed by atoms with van der Waals surface area (Å²) in [5, 5.41) is 8.52. The van der Waals surface area contributed by atoms with Gasteiger partial charge in [0.2, 0.25) is 17.2 Å². The van der Waals surface area contributed by atoms with Crippen molar-refractivity contribution < 1.29 is 17.6 Å². The molecule has 0 fully saturated rings. The van der Waals surface area contributed by atoms with E-state index in [2.05, 4.69) is 42.8 Å². The molecule has 7 nitrogen and oxygen atoms in total. The molecule has 186 valence electrons. The predicted octanol–water partition coefficient (Wildman–Crippen LogP) is 6.34. The first-order valence-electron chi connectivity index (χ1n) is 10.2. The number of hydrogen-bond donors (Lipinski definition) is 3. The van der Waals surface area contributed by atoms with E-state index in [9.17, 15) is 17.6 Å². The molecule has 0 amide bonds. The Balaban J connectivity index is 0.000000872. The Hall–Kier alpha value is -2.76. The minimum absolute atomic E-state index is 0.0659. The molecule has 0 saturated carbocycles. The Morgan fingerprint density at radius 3 is 2.18 bits per heavy atom. The normalized spacial score (nSPS) is 10.4. The van der Waals surface area contributed by atoms with E-state index in [1.165, 1.54) is 0 Å². The number of rotatable bonds is 6. The Morgan fingerprint density at radius 2 is 1.62 bits per heavy atom. The lowest BCUT2D eigenvalue weighted by molar-refractivity contribution is -0.139. The van der Waals surface area contributed by atoms with Crippen molar-refractivity contribution in [2.45, 2.75) is 33.5 Å². The molecule has 0 atom stereocenters. The monoisotopic (exact) mass is 521 g/mol. The molecule has 3 N–H and O–H groups in total. The van der Waals surface area contributed by atoms with Crippen LogP contribution in [0.5, 0.6) is 0 Å². The van der Waals surface area contributed by atoms with Crippen LogP contribution < -0.4 is 16.0 Å². The number of anilines is 3. The average molecular weight is 522 g/mol. The van der Waals surface area contributed by atoms with Crippen molar-refractivity contribution in [3.8, 4) is 0 Å². The molecule has 0 bridgehead atoms. The maximum atomic E-state index is 13.4. The summed E-state index contributed by atoms with van der Waals surface area (Å²) in [7, 11) is 1.93. The molecule has 3 aromatic rings. The lowest BCUT2D eigenvalue weighted by Gasteiger charge is -2.12. The fourth-order valence-electron chi connectivity index (χ4n) is 2.13. The molecule has 0 spiro atoms. The largest absolute Gasteiger partial charge is 0.419 e. The zero-order valence-electron chi connectivity index (χ0n) is 18.9. The van der Waals surface area contributed by atoms with Crippen LogP contribution in [0.4, 0.5) is 35.1 Å². The highest BCUT2D eigenvalue weighted by Crippen LogP contribution is 2.33. The fraction of sp³-hybridized carbons (Fsp3) is 0.333. The minimum atomic E-state index is -4.84. The molecule has 1 aromatic carbocycles. The molecule has 3 rings (SSSR count). The molecule has 0 aliphatic heterocycles. The van der Waals surface area contributed by atoms with Crippen LogP contribution in [0.3, 0.4) is 0 Å². The Labute approximate surface area is 205 Å². The quantitative estimate of drug-likeness (QED) is 0.257. The van der Waals surface area contributed by atoms with Gasteiger partial charge < -0.3 is 16.0 Å². The van der Waals surface area contributed by atoms with E-state index >= 15 is 0 Å². The highest BCUT2D eigenvalue weighted by atomic mass is 35.5. The van der Waals surface area contributed by atoms with Crippen LogP contribution in [-0.4, -0.2) is 33.5 Å². The summed E-state index contributed by atoms with van der Waals surface area (Å²) in [5.41, 5.74) is -0.695. The van der Waals surface area contributed by atoms with Crippen molar-refractivity contribution in [2.75, 3.05) is 24.2 Å². The maximum absolute atomic E-state index is 13.4. The molecule has 0 saturated heterocycles. The van der Waals surface area contributed by atoms with Gasteiger partial charge in [-0.2, -0.15) is 28.1 Å². The van der Waals surface area contributed by atoms with E-state index in [1.807, 2.05) is 20.9 Å². The first-order valence-corrected chi connectivity index (χ1v) is 10.9. The lowest BCUT2D eigenvalue weighted by Crippen LogP contribution is -2.10. The zero-order chi connectivity index (χ0) is 25.7. The Bertz CT molecular complexity index is 1020. The summed E-state index contributed by atoms with van der Waals surface area (Å²) in [6, 6.07) is 5.77. The Kier molecular flexibility index (Phi) is 12.5. The molecule has 2 aromatic heterocycles. The van der Waals surface area contributed by atoms with Gasteiger partial charge in [-0.05, 0) is 55.0 Å². The molecule has 2 heterocycles. The molecule has 0 aliphatic carbocycles. The predicted molar refractivity (Wildman–Crippen MR) is 127 cm³/mol. The molecule has 34 heavy (non-hydrogen) atoms. The third kappa shape index (κ3) is 10.0. The van der Waals surface area contributed by atoms with Crippen LogP contribution in [0.25, 0.3) is 0 Å². The summed E-state index contributed by atoms with van der Waals surface area (Å²) >= 11 is 11.5. The van der Waals surface area contributed by atoms with Gasteiger partial charge in [0.25, 0.3) is 0 Å². The van der Waals surface area contributed by atoms with Crippen LogP contribution in [0.15, 0.2) is 36.5 Å². The number of halogens is 6. The fourth-order valence-corrected chi connectivity index (χ4v) is 2.40. The summed E-state index contributed by atoms with van der Waals surface area (Å²) < 4.78 is 51.9. The highest BCUT2D eigenvalue weighted by molar-refractivity contribution is 6.29. The molecule has 0 aliphatic rings. The Morgan fingerprint density at radius 1 is 0.971 bits per heavy atom. The summed E-state index contributed by atoms with van der Waals surface area (Å²) in [5.74, 6) is -1.42. The first kappa shape index (κ1) is 29.3. The number of benzene rings is 1. The second kappa shape index (κ2) is 14.5. The molecule has 0 radical (unpaired) electrons. The van der Waals surface area contributed by atoms with Gasteiger partial charge >= 0.3 is 6.18 Å². The standard InChI is InChI=1S/C16H10Cl2F4N6.C3H9N.C2H6/c17-12-4-1-8(6-23-12)7-24-14-26-13(18)27-15(28-14)25-9-2-3-11(19)10(5-9)16(20,21)22;1-3-4-2;1-2/h1-6H,7H2,(H2,24,25,26,27,28);4H,3H2,1-2H3;1-2H3. The minimum Gasteiger partial charge on any atom is -0.350 e. The van der Waals surface area contributed by atoms with Gasteiger partial charge in [-0.25, -0.2) is 9.37 Å². The average Bonchev–Trinajstić information content (AvgIpc) is 2.80. The summed E-state index contributed by atoms with van der Waals surface area (Å²) in [6.45, 7) is 7.43.